The highest BCUT2D eigenvalue weighted by Gasteiger charge is 2.25. The highest BCUT2D eigenvalue weighted by Crippen LogP contribution is 2.29. The molecule has 5 rings (SSSR count). The Bertz CT molecular complexity index is 1470. The first-order valence-electron chi connectivity index (χ1n) is 11.5. The number of ether oxygens (including phenoxy) is 2. The van der Waals surface area contributed by atoms with Gasteiger partial charge < -0.3 is 19.1 Å². The fourth-order valence-electron chi connectivity index (χ4n) is 4.20. The van der Waals surface area contributed by atoms with Crippen molar-refractivity contribution in [2.45, 2.75) is 32.4 Å². The molecule has 10 heteroatoms. The summed E-state index contributed by atoms with van der Waals surface area (Å²) >= 11 is 0. The lowest BCUT2D eigenvalue weighted by molar-refractivity contribution is -0.0589. The number of aromatic hydroxyl groups is 1. The minimum Gasteiger partial charge on any atom is -0.493 e. The molecule has 4 aromatic rings. The van der Waals surface area contributed by atoms with Crippen molar-refractivity contribution in [3.63, 3.8) is 0 Å². The summed E-state index contributed by atoms with van der Waals surface area (Å²) in [7, 11) is 0. The summed E-state index contributed by atoms with van der Waals surface area (Å²) in [5.74, 6) is -2.85. The molecule has 0 aliphatic carbocycles. The monoisotopic (exact) mass is 497 g/mol. The minimum atomic E-state index is -0.731. The Hall–Kier alpha value is -3.92. The predicted molar refractivity (Wildman–Crippen MR) is 124 cm³/mol. The Labute approximate surface area is 204 Å². The van der Waals surface area contributed by atoms with E-state index in [-0.39, 0.29) is 52.9 Å². The standard InChI is InChI=1S/C26H22F3N3O4/c1-2-35-26(34)15-9-20(29)25-22(10-15)32(13-16-6-7-36-16)23(31-25)11-14-8-19(28)17(12-18(14)27)21-4-3-5-24(33)30-21/h3-5,8-10,12,16H,2,6-7,11,13H2,1H3,(H,30,33)/t16-/m0/s1. The summed E-state index contributed by atoms with van der Waals surface area (Å²) < 4.78 is 57.2. The maximum Gasteiger partial charge on any atom is 0.338 e. The molecule has 1 aliphatic rings. The molecule has 0 saturated carbocycles. The third kappa shape index (κ3) is 4.51. The zero-order valence-electron chi connectivity index (χ0n) is 19.3. The molecule has 1 atom stereocenters. The smallest absolute Gasteiger partial charge is 0.338 e. The van der Waals surface area contributed by atoms with Gasteiger partial charge in [0, 0.05) is 24.7 Å². The van der Waals surface area contributed by atoms with Crippen LogP contribution >= 0.6 is 0 Å². The molecule has 0 bridgehead atoms. The van der Waals surface area contributed by atoms with Crippen LogP contribution in [0, 0.1) is 17.5 Å². The van der Waals surface area contributed by atoms with Gasteiger partial charge in [-0.25, -0.2) is 27.9 Å². The van der Waals surface area contributed by atoms with E-state index in [9.17, 15) is 18.7 Å². The first kappa shape index (κ1) is 23.8. The molecule has 7 nitrogen and oxygen atoms in total. The Morgan fingerprint density at radius 2 is 1.94 bits per heavy atom. The molecule has 0 spiro atoms. The molecular formula is C26H22F3N3O4. The molecule has 0 amide bonds. The fourth-order valence-corrected chi connectivity index (χ4v) is 4.20. The Balaban J connectivity index is 1.56. The minimum absolute atomic E-state index is 0.00788. The molecule has 36 heavy (non-hydrogen) atoms. The van der Waals surface area contributed by atoms with Gasteiger partial charge in [-0.15, -0.1) is 0 Å². The van der Waals surface area contributed by atoms with Gasteiger partial charge in [0.15, 0.2) is 5.82 Å². The second kappa shape index (κ2) is 9.62. The normalized spacial score (nSPS) is 15.2. The number of benzene rings is 2. The van der Waals surface area contributed by atoms with Crippen LogP contribution < -0.4 is 0 Å². The van der Waals surface area contributed by atoms with Crippen LogP contribution in [-0.4, -0.2) is 44.9 Å². The summed E-state index contributed by atoms with van der Waals surface area (Å²) in [6.07, 6.45) is 0.510. The lowest BCUT2D eigenvalue weighted by atomic mass is 10.0. The molecule has 2 aromatic carbocycles. The first-order valence-corrected chi connectivity index (χ1v) is 11.5. The molecule has 2 aromatic heterocycles. The van der Waals surface area contributed by atoms with Gasteiger partial charge in [0.2, 0.25) is 5.88 Å². The number of esters is 1. The molecule has 3 heterocycles. The number of hydrogen-bond acceptors (Lipinski definition) is 6. The van der Waals surface area contributed by atoms with Crippen LogP contribution in [0.4, 0.5) is 13.2 Å². The van der Waals surface area contributed by atoms with Gasteiger partial charge in [-0.05, 0) is 49.2 Å². The van der Waals surface area contributed by atoms with E-state index in [0.29, 0.717) is 24.5 Å². The number of hydrogen-bond donors (Lipinski definition) is 1. The first-order chi connectivity index (χ1) is 17.3. The second-order valence-corrected chi connectivity index (χ2v) is 8.45. The number of nitrogens with zero attached hydrogens (tertiary/aromatic N) is 3. The average Bonchev–Trinajstić information content (AvgIpc) is 3.16. The van der Waals surface area contributed by atoms with E-state index < -0.39 is 23.4 Å². The van der Waals surface area contributed by atoms with Gasteiger partial charge in [0.05, 0.1) is 36.0 Å². The van der Waals surface area contributed by atoms with Crippen molar-refractivity contribution < 1.29 is 32.5 Å². The number of pyridine rings is 1. The number of rotatable bonds is 7. The third-order valence-electron chi connectivity index (χ3n) is 6.07. The van der Waals surface area contributed by atoms with Crippen LogP contribution in [0.2, 0.25) is 0 Å². The Morgan fingerprint density at radius 1 is 1.14 bits per heavy atom. The van der Waals surface area contributed by atoms with E-state index >= 15 is 4.39 Å². The van der Waals surface area contributed by atoms with Crippen LogP contribution in [0.1, 0.15) is 35.1 Å². The number of fused-ring (bicyclic) bond motifs is 1. The topological polar surface area (TPSA) is 86.5 Å². The molecule has 0 unspecified atom stereocenters. The lowest BCUT2D eigenvalue weighted by Gasteiger charge is -2.27. The van der Waals surface area contributed by atoms with Crippen LogP contribution in [0.5, 0.6) is 5.88 Å². The van der Waals surface area contributed by atoms with E-state index in [0.717, 1.165) is 24.6 Å². The number of imidazole rings is 1. The quantitative estimate of drug-likeness (QED) is 0.370. The average molecular weight is 497 g/mol. The van der Waals surface area contributed by atoms with Gasteiger partial charge in [-0.1, -0.05) is 6.07 Å². The second-order valence-electron chi connectivity index (χ2n) is 8.45. The number of carbonyl (C=O) groups excluding carboxylic acids is 1. The number of carbonyl (C=O) groups is 1. The van der Waals surface area contributed by atoms with Crippen LogP contribution in [0.25, 0.3) is 22.3 Å². The lowest BCUT2D eigenvalue weighted by Crippen LogP contribution is -2.31. The van der Waals surface area contributed by atoms with Gasteiger partial charge in [0.1, 0.15) is 23.0 Å². The fraction of sp³-hybridized carbons (Fsp3) is 0.269. The van der Waals surface area contributed by atoms with E-state index in [1.807, 2.05) is 0 Å². The molecule has 1 N–H and O–H groups in total. The van der Waals surface area contributed by atoms with Gasteiger partial charge in [-0.3, -0.25) is 0 Å². The Kier molecular flexibility index (Phi) is 6.36. The van der Waals surface area contributed by atoms with Gasteiger partial charge >= 0.3 is 5.97 Å². The molecule has 0 radical (unpaired) electrons. The van der Waals surface area contributed by atoms with Crippen molar-refractivity contribution in [3.8, 4) is 17.1 Å². The third-order valence-corrected chi connectivity index (χ3v) is 6.07. The van der Waals surface area contributed by atoms with Crippen LogP contribution in [0.3, 0.4) is 0 Å². The van der Waals surface area contributed by atoms with Crippen LogP contribution in [0.15, 0.2) is 42.5 Å². The Morgan fingerprint density at radius 3 is 2.64 bits per heavy atom. The zero-order chi connectivity index (χ0) is 25.4. The summed E-state index contributed by atoms with van der Waals surface area (Å²) in [6.45, 7) is 2.70. The van der Waals surface area contributed by atoms with E-state index in [2.05, 4.69) is 9.97 Å². The van der Waals surface area contributed by atoms with E-state index in [4.69, 9.17) is 9.47 Å². The number of halogens is 3. The van der Waals surface area contributed by atoms with Crippen LogP contribution in [-0.2, 0) is 22.4 Å². The summed E-state index contributed by atoms with van der Waals surface area (Å²) in [6, 6.07) is 8.85. The SMILES string of the molecule is CCOC(=O)c1cc(F)c2nc(Cc3cc(F)c(-c4cccc(O)n4)cc3F)n(C[C@@H]3CCO3)c2c1. The van der Waals surface area contributed by atoms with Crippen molar-refractivity contribution in [1.29, 1.82) is 0 Å². The number of aromatic nitrogens is 3. The maximum absolute atomic E-state index is 15.1. The summed E-state index contributed by atoms with van der Waals surface area (Å²) in [5.41, 5.74) is 0.371. The molecule has 186 valence electrons. The molecular weight excluding hydrogens is 475 g/mol. The van der Waals surface area contributed by atoms with Crippen molar-refractivity contribution >= 4 is 17.0 Å². The highest BCUT2D eigenvalue weighted by atomic mass is 19.1. The van der Waals surface area contributed by atoms with Crippen molar-refractivity contribution in [1.82, 2.24) is 14.5 Å². The van der Waals surface area contributed by atoms with Gasteiger partial charge in [-0.2, -0.15) is 0 Å². The van der Waals surface area contributed by atoms with Crippen molar-refractivity contribution in [2.75, 3.05) is 13.2 Å². The van der Waals surface area contributed by atoms with E-state index in [1.165, 1.54) is 24.3 Å². The molecule has 1 fully saturated rings. The van der Waals surface area contributed by atoms with E-state index in [1.54, 1.807) is 11.5 Å². The van der Waals surface area contributed by atoms with Gasteiger partial charge in [0.25, 0.3) is 0 Å². The summed E-state index contributed by atoms with van der Waals surface area (Å²) in [4.78, 5) is 20.4. The zero-order valence-corrected chi connectivity index (χ0v) is 19.3. The largest absolute Gasteiger partial charge is 0.493 e. The highest BCUT2D eigenvalue weighted by molar-refractivity contribution is 5.94. The molecule has 1 aliphatic heterocycles. The maximum atomic E-state index is 15.1. The summed E-state index contributed by atoms with van der Waals surface area (Å²) in [5, 5.41) is 9.58. The van der Waals surface area contributed by atoms with Crippen molar-refractivity contribution in [3.05, 3.63) is 76.9 Å². The predicted octanol–water partition coefficient (Wildman–Crippen LogP) is 4.78. The van der Waals surface area contributed by atoms with Crippen molar-refractivity contribution in [2.24, 2.45) is 0 Å². The molecule has 1 saturated heterocycles.